The molecule has 2 heterocycles. The van der Waals surface area contributed by atoms with Crippen LogP contribution in [0.2, 0.25) is 0 Å². The minimum atomic E-state index is -0.213. The van der Waals surface area contributed by atoms with Crippen molar-refractivity contribution in [1.82, 2.24) is 0 Å². The molecule has 3 aromatic rings. The predicted molar refractivity (Wildman–Crippen MR) is 73.1 cm³/mol. The summed E-state index contributed by atoms with van der Waals surface area (Å²) in [6, 6.07) is 9.55. The molecule has 0 amide bonds. The van der Waals surface area contributed by atoms with Gasteiger partial charge in [-0.25, -0.2) is 0 Å². The minimum Gasteiger partial charge on any atom is -0.497 e. The molecule has 1 aromatic carbocycles. The standard InChI is InChI=1S/C14H13NO2S/c1-16-11-3-2-9-6-13(17-12(9)7-11)14(15)10-4-5-18-8-10/h2-8,14H,15H2,1H3. The molecule has 0 radical (unpaired) electrons. The van der Waals surface area contributed by atoms with Crippen LogP contribution in [0.5, 0.6) is 5.75 Å². The summed E-state index contributed by atoms with van der Waals surface area (Å²) in [5, 5.41) is 5.09. The normalized spacial score (nSPS) is 12.8. The van der Waals surface area contributed by atoms with Crippen LogP contribution in [0.3, 0.4) is 0 Å². The third-order valence-electron chi connectivity index (χ3n) is 2.96. The number of hydrogen-bond donors (Lipinski definition) is 1. The number of thiophene rings is 1. The van der Waals surface area contributed by atoms with Gasteiger partial charge in [0, 0.05) is 11.5 Å². The van der Waals surface area contributed by atoms with Crippen LogP contribution < -0.4 is 10.5 Å². The van der Waals surface area contributed by atoms with Gasteiger partial charge in [-0.05, 0) is 40.6 Å². The van der Waals surface area contributed by atoms with Crippen LogP contribution in [-0.4, -0.2) is 7.11 Å². The molecule has 2 aromatic heterocycles. The molecule has 92 valence electrons. The molecule has 18 heavy (non-hydrogen) atoms. The van der Waals surface area contributed by atoms with Crippen molar-refractivity contribution < 1.29 is 9.15 Å². The zero-order valence-corrected chi connectivity index (χ0v) is 10.7. The van der Waals surface area contributed by atoms with Crippen molar-refractivity contribution in [2.24, 2.45) is 5.73 Å². The van der Waals surface area contributed by atoms with E-state index in [0.29, 0.717) is 0 Å². The lowest BCUT2D eigenvalue weighted by Gasteiger charge is -2.05. The van der Waals surface area contributed by atoms with E-state index in [0.717, 1.165) is 28.0 Å². The van der Waals surface area contributed by atoms with E-state index >= 15 is 0 Å². The first-order valence-electron chi connectivity index (χ1n) is 5.63. The number of methoxy groups -OCH3 is 1. The van der Waals surface area contributed by atoms with Gasteiger partial charge in [0.25, 0.3) is 0 Å². The Bertz CT molecular complexity index is 658. The first kappa shape index (κ1) is 11.3. The largest absolute Gasteiger partial charge is 0.497 e. The molecule has 0 spiro atoms. The van der Waals surface area contributed by atoms with Crippen LogP contribution in [0, 0.1) is 0 Å². The number of benzene rings is 1. The molecule has 0 aliphatic carbocycles. The smallest absolute Gasteiger partial charge is 0.138 e. The average Bonchev–Trinajstić information content (AvgIpc) is 3.05. The second-order valence-corrected chi connectivity index (χ2v) is 4.87. The molecule has 0 aliphatic rings. The summed E-state index contributed by atoms with van der Waals surface area (Å²) in [6.45, 7) is 0. The van der Waals surface area contributed by atoms with Crippen LogP contribution in [0.15, 0.2) is 45.5 Å². The van der Waals surface area contributed by atoms with Gasteiger partial charge in [-0.15, -0.1) is 0 Å². The van der Waals surface area contributed by atoms with Crippen molar-refractivity contribution in [3.8, 4) is 5.75 Å². The molecular formula is C14H13NO2S. The second kappa shape index (κ2) is 4.48. The van der Waals surface area contributed by atoms with Crippen molar-refractivity contribution in [2.45, 2.75) is 6.04 Å². The van der Waals surface area contributed by atoms with E-state index in [9.17, 15) is 0 Å². The van der Waals surface area contributed by atoms with Gasteiger partial charge in [-0.3, -0.25) is 0 Å². The highest BCUT2D eigenvalue weighted by molar-refractivity contribution is 7.08. The summed E-state index contributed by atoms with van der Waals surface area (Å²) in [7, 11) is 1.64. The van der Waals surface area contributed by atoms with E-state index in [2.05, 4.69) is 0 Å². The summed E-state index contributed by atoms with van der Waals surface area (Å²) in [5.41, 5.74) is 8.05. The molecule has 2 N–H and O–H groups in total. The highest BCUT2D eigenvalue weighted by atomic mass is 32.1. The van der Waals surface area contributed by atoms with Gasteiger partial charge in [0.1, 0.15) is 17.1 Å². The van der Waals surface area contributed by atoms with Crippen molar-refractivity contribution in [3.63, 3.8) is 0 Å². The Hall–Kier alpha value is -1.78. The monoisotopic (exact) mass is 259 g/mol. The molecule has 0 saturated carbocycles. The van der Waals surface area contributed by atoms with Crippen LogP contribution in [0.1, 0.15) is 17.4 Å². The highest BCUT2D eigenvalue weighted by Gasteiger charge is 2.14. The first-order chi connectivity index (χ1) is 8.78. The minimum absolute atomic E-state index is 0.213. The Labute approximate surface area is 109 Å². The Kier molecular flexibility index (Phi) is 2.81. The SMILES string of the molecule is COc1ccc2cc(C(N)c3ccsc3)oc2c1. The molecule has 0 saturated heterocycles. The summed E-state index contributed by atoms with van der Waals surface area (Å²) in [4.78, 5) is 0. The van der Waals surface area contributed by atoms with Crippen molar-refractivity contribution in [2.75, 3.05) is 7.11 Å². The zero-order chi connectivity index (χ0) is 12.5. The summed E-state index contributed by atoms with van der Waals surface area (Å²) in [5.74, 6) is 1.56. The fraction of sp³-hybridized carbons (Fsp3) is 0.143. The third-order valence-corrected chi connectivity index (χ3v) is 3.66. The summed E-state index contributed by atoms with van der Waals surface area (Å²) >= 11 is 1.63. The van der Waals surface area contributed by atoms with Crippen molar-refractivity contribution >= 4 is 22.3 Å². The number of nitrogens with two attached hydrogens (primary N) is 1. The summed E-state index contributed by atoms with van der Waals surface area (Å²) in [6.07, 6.45) is 0. The maximum Gasteiger partial charge on any atom is 0.138 e. The lowest BCUT2D eigenvalue weighted by molar-refractivity contribution is 0.414. The van der Waals surface area contributed by atoms with Gasteiger partial charge in [0.15, 0.2) is 0 Å². The second-order valence-electron chi connectivity index (χ2n) is 4.09. The highest BCUT2D eigenvalue weighted by Crippen LogP contribution is 2.29. The molecule has 0 aliphatic heterocycles. The molecule has 0 fully saturated rings. The van der Waals surface area contributed by atoms with Crippen molar-refractivity contribution in [3.05, 3.63) is 52.4 Å². The van der Waals surface area contributed by atoms with Crippen LogP contribution >= 0.6 is 11.3 Å². The fourth-order valence-corrected chi connectivity index (χ4v) is 2.63. The lowest BCUT2D eigenvalue weighted by Crippen LogP contribution is -2.09. The number of ether oxygens (including phenoxy) is 1. The van der Waals surface area contributed by atoms with E-state index in [1.807, 2.05) is 41.1 Å². The first-order valence-corrected chi connectivity index (χ1v) is 6.57. The Morgan fingerprint density at radius 2 is 2.17 bits per heavy atom. The molecule has 3 nitrogen and oxygen atoms in total. The molecule has 1 atom stereocenters. The Morgan fingerprint density at radius 1 is 1.28 bits per heavy atom. The fourth-order valence-electron chi connectivity index (χ4n) is 1.93. The van der Waals surface area contributed by atoms with E-state index < -0.39 is 0 Å². The average molecular weight is 259 g/mol. The summed E-state index contributed by atoms with van der Waals surface area (Å²) < 4.78 is 11.0. The van der Waals surface area contributed by atoms with E-state index in [1.54, 1.807) is 18.4 Å². The Balaban J connectivity index is 2.03. The van der Waals surface area contributed by atoms with E-state index in [-0.39, 0.29) is 6.04 Å². The van der Waals surface area contributed by atoms with E-state index in [4.69, 9.17) is 14.9 Å². The van der Waals surface area contributed by atoms with Crippen LogP contribution in [0.4, 0.5) is 0 Å². The zero-order valence-electron chi connectivity index (χ0n) is 9.92. The van der Waals surface area contributed by atoms with Gasteiger partial charge in [-0.2, -0.15) is 11.3 Å². The quantitative estimate of drug-likeness (QED) is 0.782. The molecule has 3 rings (SSSR count). The van der Waals surface area contributed by atoms with Crippen LogP contribution in [0.25, 0.3) is 11.0 Å². The molecule has 1 unspecified atom stereocenters. The number of hydrogen-bond acceptors (Lipinski definition) is 4. The number of furan rings is 1. The maximum absolute atomic E-state index is 6.18. The van der Waals surface area contributed by atoms with Gasteiger partial charge in [-0.1, -0.05) is 0 Å². The number of rotatable bonds is 3. The predicted octanol–water partition coefficient (Wildman–Crippen LogP) is 3.55. The molecular weight excluding hydrogens is 246 g/mol. The molecule has 4 heteroatoms. The van der Waals surface area contributed by atoms with Crippen LogP contribution in [-0.2, 0) is 0 Å². The lowest BCUT2D eigenvalue weighted by atomic mass is 10.1. The van der Waals surface area contributed by atoms with Gasteiger partial charge in [0.05, 0.1) is 13.2 Å². The van der Waals surface area contributed by atoms with Crippen molar-refractivity contribution in [1.29, 1.82) is 0 Å². The van der Waals surface area contributed by atoms with E-state index in [1.165, 1.54) is 0 Å². The van der Waals surface area contributed by atoms with Gasteiger partial charge >= 0.3 is 0 Å². The third kappa shape index (κ3) is 1.89. The van der Waals surface area contributed by atoms with Gasteiger partial charge < -0.3 is 14.9 Å². The topological polar surface area (TPSA) is 48.4 Å². The Morgan fingerprint density at radius 3 is 2.89 bits per heavy atom. The van der Waals surface area contributed by atoms with Gasteiger partial charge in [0.2, 0.25) is 0 Å². The number of fused-ring (bicyclic) bond motifs is 1. The maximum atomic E-state index is 6.18. The molecule has 0 bridgehead atoms.